The molecule has 0 unspecified atom stereocenters. The predicted molar refractivity (Wildman–Crippen MR) is 62.9 cm³/mol. The van der Waals surface area contributed by atoms with Crippen molar-refractivity contribution in [3.05, 3.63) is 29.8 Å². The first-order valence-electron chi connectivity index (χ1n) is 5.41. The molecule has 1 heterocycles. The fourth-order valence-corrected chi connectivity index (χ4v) is 1.82. The van der Waals surface area contributed by atoms with E-state index in [-0.39, 0.29) is 18.5 Å². The number of amides is 3. The second-order valence-corrected chi connectivity index (χ2v) is 3.76. The lowest BCUT2D eigenvalue weighted by atomic mass is 10.1. The van der Waals surface area contributed by atoms with Crippen LogP contribution in [0.15, 0.2) is 24.3 Å². The molecule has 1 aliphatic rings. The first kappa shape index (κ1) is 11.6. The molecule has 1 aromatic carbocycles. The number of anilines is 1. The topological polar surface area (TPSA) is 58.6 Å². The zero-order valence-electron chi connectivity index (χ0n) is 9.60. The maximum atomic E-state index is 11.6. The summed E-state index contributed by atoms with van der Waals surface area (Å²) in [6, 6.07) is 7.00. The van der Waals surface area contributed by atoms with Crippen LogP contribution in [0.4, 0.5) is 10.5 Å². The minimum atomic E-state index is -0.361. The first-order valence-corrected chi connectivity index (χ1v) is 5.41. The Bertz CT molecular complexity index is 429. The van der Waals surface area contributed by atoms with Gasteiger partial charge in [0, 0.05) is 7.11 Å². The highest BCUT2D eigenvalue weighted by atomic mass is 16.5. The van der Waals surface area contributed by atoms with E-state index < -0.39 is 0 Å². The Balaban J connectivity index is 2.30. The van der Waals surface area contributed by atoms with Crippen LogP contribution in [0, 0.1) is 0 Å². The number of imide groups is 1. The Kier molecular flexibility index (Phi) is 3.39. The van der Waals surface area contributed by atoms with E-state index in [2.05, 4.69) is 5.32 Å². The zero-order chi connectivity index (χ0) is 12.3. The molecule has 0 saturated carbocycles. The van der Waals surface area contributed by atoms with Crippen LogP contribution in [0.3, 0.4) is 0 Å². The van der Waals surface area contributed by atoms with Gasteiger partial charge in [-0.1, -0.05) is 18.2 Å². The van der Waals surface area contributed by atoms with E-state index in [0.29, 0.717) is 18.7 Å². The normalized spacial score (nSPS) is 15.2. The van der Waals surface area contributed by atoms with Crippen LogP contribution in [0.5, 0.6) is 0 Å². The predicted octanol–water partition coefficient (Wildman–Crippen LogP) is 0.932. The molecule has 1 aromatic rings. The van der Waals surface area contributed by atoms with Gasteiger partial charge in [0.15, 0.2) is 0 Å². The highest BCUT2D eigenvalue weighted by Gasteiger charge is 2.31. The van der Waals surface area contributed by atoms with Gasteiger partial charge in [0.25, 0.3) is 5.91 Å². The highest BCUT2D eigenvalue weighted by molar-refractivity contribution is 6.20. The molecule has 0 spiro atoms. The van der Waals surface area contributed by atoms with Gasteiger partial charge in [0.05, 0.1) is 18.8 Å². The average molecular weight is 234 g/mol. The summed E-state index contributed by atoms with van der Waals surface area (Å²) in [4.78, 5) is 24.4. The Morgan fingerprint density at radius 2 is 2.12 bits per heavy atom. The van der Waals surface area contributed by atoms with Crippen molar-refractivity contribution in [2.75, 3.05) is 25.2 Å². The highest BCUT2D eigenvalue weighted by Crippen LogP contribution is 2.23. The molecule has 5 nitrogen and oxygen atoms in total. The molecule has 0 aromatic heterocycles. The number of methoxy groups -OCH3 is 1. The molecular weight excluding hydrogens is 220 g/mol. The standard InChI is InChI=1S/C12H14N2O3/c1-17-7-6-9-4-2-3-5-10(9)14-11(15)8-13-12(14)16/h2-5H,6-8H2,1H3,(H,13,16). The minimum absolute atomic E-state index is 0.0669. The summed E-state index contributed by atoms with van der Waals surface area (Å²) in [6.07, 6.45) is 0.670. The number of hydrogen-bond acceptors (Lipinski definition) is 3. The van der Waals surface area contributed by atoms with Crippen LogP contribution < -0.4 is 10.2 Å². The van der Waals surface area contributed by atoms with Gasteiger partial charge in [-0.2, -0.15) is 0 Å². The van der Waals surface area contributed by atoms with Crippen molar-refractivity contribution >= 4 is 17.6 Å². The molecule has 3 amide bonds. The number of urea groups is 1. The molecule has 1 fully saturated rings. The van der Waals surface area contributed by atoms with Crippen molar-refractivity contribution in [1.29, 1.82) is 0 Å². The molecule has 0 bridgehead atoms. The summed E-state index contributed by atoms with van der Waals surface area (Å²) < 4.78 is 5.01. The largest absolute Gasteiger partial charge is 0.384 e. The van der Waals surface area contributed by atoms with Gasteiger partial charge in [-0.25, -0.2) is 9.69 Å². The van der Waals surface area contributed by atoms with Gasteiger partial charge in [0.2, 0.25) is 0 Å². The zero-order valence-corrected chi connectivity index (χ0v) is 9.60. The maximum Gasteiger partial charge on any atom is 0.329 e. The first-order chi connectivity index (χ1) is 8.24. The third-order valence-corrected chi connectivity index (χ3v) is 2.65. The molecule has 1 aliphatic heterocycles. The number of ether oxygens (including phenoxy) is 1. The summed E-state index contributed by atoms with van der Waals surface area (Å²) in [5.74, 6) is -0.222. The van der Waals surface area contributed by atoms with Gasteiger partial charge in [-0.3, -0.25) is 4.79 Å². The molecule has 0 aliphatic carbocycles. The van der Waals surface area contributed by atoms with Crippen molar-refractivity contribution in [3.63, 3.8) is 0 Å². The molecule has 2 rings (SSSR count). The van der Waals surface area contributed by atoms with Crippen LogP contribution in [0.25, 0.3) is 0 Å². The van der Waals surface area contributed by atoms with Gasteiger partial charge in [0.1, 0.15) is 0 Å². The Labute approximate surface area is 99.4 Å². The third kappa shape index (κ3) is 2.29. The van der Waals surface area contributed by atoms with E-state index in [1.54, 1.807) is 13.2 Å². The van der Waals surface area contributed by atoms with Gasteiger partial charge >= 0.3 is 6.03 Å². The summed E-state index contributed by atoms with van der Waals surface area (Å²) >= 11 is 0. The summed E-state index contributed by atoms with van der Waals surface area (Å²) in [6.45, 7) is 0.623. The van der Waals surface area contributed by atoms with Crippen molar-refractivity contribution in [1.82, 2.24) is 5.32 Å². The SMILES string of the molecule is COCCc1ccccc1N1C(=O)CNC1=O. The van der Waals surface area contributed by atoms with E-state index in [0.717, 1.165) is 5.56 Å². The second kappa shape index (κ2) is 4.97. The van der Waals surface area contributed by atoms with Crippen molar-refractivity contribution in [2.45, 2.75) is 6.42 Å². The van der Waals surface area contributed by atoms with E-state index >= 15 is 0 Å². The summed E-state index contributed by atoms with van der Waals surface area (Å²) in [5.41, 5.74) is 1.57. The lowest BCUT2D eigenvalue weighted by molar-refractivity contribution is -0.115. The van der Waals surface area contributed by atoms with Crippen LogP contribution >= 0.6 is 0 Å². The number of benzene rings is 1. The van der Waals surface area contributed by atoms with Gasteiger partial charge < -0.3 is 10.1 Å². The molecule has 0 radical (unpaired) electrons. The number of nitrogens with one attached hydrogen (secondary N) is 1. The monoisotopic (exact) mass is 234 g/mol. The van der Waals surface area contributed by atoms with Crippen LogP contribution in [-0.2, 0) is 16.0 Å². The fraction of sp³-hybridized carbons (Fsp3) is 0.333. The van der Waals surface area contributed by atoms with E-state index in [9.17, 15) is 9.59 Å². The van der Waals surface area contributed by atoms with Crippen molar-refractivity contribution in [2.24, 2.45) is 0 Å². The smallest absolute Gasteiger partial charge is 0.329 e. The number of carbonyl (C=O) groups excluding carboxylic acids is 2. The number of hydrogen-bond donors (Lipinski definition) is 1. The summed E-state index contributed by atoms with van der Waals surface area (Å²) in [5, 5.41) is 2.51. The second-order valence-electron chi connectivity index (χ2n) is 3.76. The van der Waals surface area contributed by atoms with Crippen LogP contribution in [0.1, 0.15) is 5.56 Å². The number of para-hydroxylation sites is 1. The van der Waals surface area contributed by atoms with Crippen molar-refractivity contribution < 1.29 is 14.3 Å². The minimum Gasteiger partial charge on any atom is -0.384 e. The number of carbonyl (C=O) groups is 2. The van der Waals surface area contributed by atoms with E-state index in [1.165, 1.54) is 4.90 Å². The Morgan fingerprint density at radius 3 is 2.76 bits per heavy atom. The van der Waals surface area contributed by atoms with Crippen molar-refractivity contribution in [3.8, 4) is 0 Å². The van der Waals surface area contributed by atoms with Gasteiger partial charge in [-0.15, -0.1) is 0 Å². The van der Waals surface area contributed by atoms with Gasteiger partial charge in [-0.05, 0) is 18.1 Å². The fourth-order valence-electron chi connectivity index (χ4n) is 1.82. The summed E-state index contributed by atoms with van der Waals surface area (Å²) in [7, 11) is 1.62. The van der Waals surface area contributed by atoms with E-state index in [4.69, 9.17) is 4.74 Å². The molecule has 1 N–H and O–H groups in total. The molecular formula is C12H14N2O3. The molecule has 90 valence electrons. The van der Waals surface area contributed by atoms with Crippen LogP contribution in [0.2, 0.25) is 0 Å². The Hall–Kier alpha value is -1.88. The lowest BCUT2D eigenvalue weighted by Crippen LogP contribution is -2.31. The number of nitrogens with zero attached hydrogens (tertiary/aromatic N) is 1. The quantitative estimate of drug-likeness (QED) is 0.788. The molecule has 1 saturated heterocycles. The lowest BCUT2D eigenvalue weighted by Gasteiger charge is -2.16. The van der Waals surface area contributed by atoms with Crippen LogP contribution in [-0.4, -0.2) is 32.2 Å². The molecule has 0 atom stereocenters. The van der Waals surface area contributed by atoms with E-state index in [1.807, 2.05) is 18.2 Å². The maximum absolute atomic E-state index is 11.6. The number of rotatable bonds is 4. The molecule has 5 heteroatoms. The average Bonchev–Trinajstić information content (AvgIpc) is 2.67. The third-order valence-electron chi connectivity index (χ3n) is 2.65. The Morgan fingerprint density at radius 1 is 1.35 bits per heavy atom. The molecule has 17 heavy (non-hydrogen) atoms.